The van der Waals surface area contributed by atoms with E-state index in [0.29, 0.717) is 5.75 Å². The van der Waals surface area contributed by atoms with Crippen LogP contribution >= 0.6 is 0 Å². The molecule has 1 aliphatic rings. The van der Waals surface area contributed by atoms with E-state index < -0.39 is 61.6 Å². The molecule has 1 aromatic rings. The van der Waals surface area contributed by atoms with Gasteiger partial charge in [0.1, 0.15) is 35.8 Å². The van der Waals surface area contributed by atoms with Crippen LogP contribution in [0.2, 0.25) is 0 Å². The summed E-state index contributed by atoms with van der Waals surface area (Å²) in [6.45, 7) is 2.02. The second-order valence-electron chi connectivity index (χ2n) is 6.88. The van der Waals surface area contributed by atoms with Crippen LogP contribution in [-0.4, -0.2) is 102 Å². The summed E-state index contributed by atoms with van der Waals surface area (Å²) >= 11 is 0. The Hall–Kier alpha value is -1.83. The van der Waals surface area contributed by atoms with Crippen LogP contribution < -0.4 is 4.74 Å². The molecule has 1 aliphatic heterocycles. The molecule has 2 rings (SSSR count). The van der Waals surface area contributed by atoms with Crippen LogP contribution in [0.3, 0.4) is 0 Å². The smallest absolute Gasteiger partial charge is 0.335 e. The summed E-state index contributed by atoms with van der Waals surface area (Å²) < 4.78 is 10.3. The van der Waals surface area contributed by atoms with Crippen molar-refractivity contribution in [2.75, 3.05) is 13.2 Å². The fourth-order valence-corrected chi connectivity index (χ4v) is 2.20. The largest absolute Gasteiger partial charge is 0.479 e. The summed E-state index contributed by atoms with van der Waals surface area (Å²) in [5.41, 5.74) is -0.587. The van der Waals surface area contributed by atoms with Crippen LogP contribution in [0, 0.1) is 6.92 Å². The van der Waals surface area contributed by atoms with Crippen LogP contribution in [0.15, 0.2) is 24.3 Å². The second kappa shape index (κ2) is 10.8. The van der Waals surface area contributed by atoms with E-state index in [1.165, 1.54) is 6.92 Å². The number of rotatable bonds is 6. The molecule has 1 fully saturated rings. The Labute approximate surface area is 167 Å². The third kappa shape index (κ3) is 6.87. The standard InChI is InChI=1S/C13H16O7.C5H12O4/c1-6-2-4-7(5-3-6)19-13-10(16)8(14)9(15)11(20-13)12(17)18;1-5(9,3-7)4(8)2-6/h2-5,8-11,13-16H,1H3,(H,17,18);4,6-9H,2-3H2,1H3/t8-,9-,10+,11-,13?;4-,5+/m01/s1. The van der Waals surface area contributed by atoms with Crippen LogP contribution in [0.25, 0.3) is 0 Å². The minimum Gasteiger partial charge on any atom is -0.479 e. The van der Waals surface area contributed by atoms with Gasteiger partial charge in [-0.3, -0.25) is 0 Å². The first kappa shape index (κ1) is 25.2. The van der Waals surface area contributed by atoms with Crippen molar-refractivity contribution >= 4 is 5.97 Å². The zero-order valence-electron chi connectivity index (χ0n) is 16.0. The van der Waals surface area contributed by atoms with Gasteiger partial charge in [0.25, 0.3) is 0 Å². The molecule has 0 spiro atoms. The second-order valence-corrected chi connectivity index (χ2v) is 6.88. The average molecular weight is 420 g/mol. The summed E-state index contributed by atoms with van der Waals surface area (Å²) in [5.74, 6) is -1.09. The lowest BCUT2D eigenvalue weighted by atomic mass is 9.99. The van der Waals surface area contributed by atoms with Gasteiger partial charge in [-0.15, -0.1) is 0 Å². The first-order valence-corrected chi connectivity index (χ1v) is 8.72. The predicted molar refractivity (Wildman–Crippen MR) is 96.9 cm³/mol. The molecule has 0 aliphatic carbocycles. The van der Waals surface area contributed by atoms with E-state index >= 15 is 0 Å². The Balaban J connectivity index is 0.000000396. The highest BCUT2D eigenvalue weighted by atomic mass is 16.7. The van der Waals surface area contributed by atoms with Gasteiger partial charge in [-0.25, -0.2) is 4.79 Å². The zero-order chi connectivity index (χ0) is 22.4. The number of aliphatic hydroxyl groups excluding tert-OH is 6. The lowest BCUT2D eigenvalue weighted by Crippen LogP contribution is -2.61. The third-order valence-electron chi connectivity index (χ3n) is 4.30. The maximum absolute atomic E-state index is 10.9. The minimum atomic E-state index is -1.72. The highest BCUT2D eigenvalue weighted by molar-refractivity contribution is 5.73. The van der Waals surface area contributed by atoms with Crippen molar-refractivity contribution < 1.29 is 55.1 Å². The highest BCUT2D eigenvalue weighted by Gasteiger charge is 2.48. The Morgan fingerprint density at radius 3 is 2.10 bits per heavy atom. The average Bonchev–Trinajstić information content (AvgIpc) is 2.69. The Bertz CT molecular complexity index is 633. The van der Waals surface area contributed by atoms with Crippen molar-refractivity contribution in [3.63, 3.8) is 0 Å². The molecular weight excluding hydrogens is 392 g/mol. The lowest BCUT2D eigenvalue weighted by molar-refractivity contribution is -0.271. The number of benzene rings is 1. The van der Waals surface area contributed by atoms with Crippen molar-refractivity contribution in [1.82, 2.24) is 0 Å². The molecule has 11 nitrogen and oxygen atoms in total. The molecule has 0 aromatic heterocycles. The van der Waals surface area contributed by atoms with Gasteiger partial charge in [-0.1, -0.05) is 17.7 Å². The molecule has 8 N–H and O–H groups in total. The monoisotopic (exact) mass is 420 g/mol. The zero-order valence-corrected chi connectivity index (χ0v) is 16.0. The minimum absolute atomic E-state index is 0.354. The molecule has 11 heteroatoms. The summed E-state index contributed by atoms with van der Waals surface area (Å²) in [5, 5.41) is 72.1. The van der Waals surface area contributed by atoms with Gasteiger partial charge in [-0.2, -0.15) is 0 Å². The molecule has 1 heterocycles. The molecule has 0 bridgehead atoms. The number of hydrogen-bond donors (Lipinski definition) is 8. The number of carboxylic acids is 1. The third-order valence-corrected chi connectivity index (χ3v) is 4.30. The van der Waals surface area contributed by atoms with Gasteiger partial charge in [0, 0.05) is 0 Å². The molecule has 166 valence electrons. The first-order valence-electron chi connectivity index (χ1n) is 8.72. The normalized spacial score (nSPS) is 29.8. The molecule has 1 aromatic carbocycles. The fraction of sp³-hybridized carbons (Fsp3) is 0.611. The van der Waals surface area contributed by atoms with Crippen LogP contribution in [0.4, 0.5) is 0 Å². The van der Waals surface area contributed by atoms with Crippen molar-refractivity contribution in [3.8, 4) is 5.75 Å². The SMILES string of the molecule is C[C@](O)(CO)[C@H](O)CO.Cc1ccc(OC2O[C@H](C(=O)O)[C@@H](O)[C@H](O)[C@H]2O)cc1. The van der Waals surface area contributed by atoms with E-state index in [1.807, 2.05) is 6.92 Å². The van der Waals surface area contributed by atoms with Crippen molar-refractivity contribution in [3.05, 3.63) is 29.8 Å². The number of ether oxygens (including phenoxy) is 2. The molecular formula is C18H28O11. The van der Waals surface area contributed by atoms with E-state index in [1.54, 1.807) is 24.3 Å². The number of carbonyl (C=O) groups is 1. The molecule has 0 saturated carbocycles. The fourth-order valence-electron chi connectivity index (χ4n) is 2.20. The van der Waals surface area contributed by atoms with Crippen LogP contribution in [0.5, 0.6) is 5.75 Å². The van der Waals surface area contributed by atoms with E-state index in [9.17, 15) is 20.1 Å². The molecule has 1 saturated heterocycles. The summed E-state index contributed by atoms with van der Waals surface area (Å²) in [6, 6.07) is 6.78. The maximum atomic E-state index is 10.9. The molecule has 0 amide bonds. The van der Waals surface area contributed by atoms with E-state index in [4.69, 9.17) is 35.0 Å². The van der Waals surface area contributed by atoms with Gasteiger partial charge in [0.2, 0.25) is 6.29 Å². The highest BCUT2D eigenvalue weighted by Crippen LogP contribution is 2.24. The van der Waals surface area contributed by atoms with Crippen molar-refractivity contribution in [2.45, 2.75) is 56.3 Å². The van der Waals surface area contributed by atoms with Crippen LogP contribution in [0.1, 0.15) is 12.5 Å². The van der Waals surface area contributed by atoms with E-state index in [2.05, 4.69) is 0 Å². The van der Waals surface area contributed by atoms with E-state index in [-0.39, 0.29) is 0 Å². The van der Waals surface area contributed by atoms with E-state index in [0.717, 1.165) is 5.56 Å². The number of hydrogen-bond acceptors (Lipinski definition) is 10. The summed E-state index contributed by atoms with van der Waals surface area (Å²) in [4.78, 5) is 10.9. The molecule has 0 radical (unpaired) electrons. The first-order chi connectivity index (χ1) is 13.4. The topological polar surface area (TPSA) is 197 Å². The van der Waals surface area contributed by atoms with Gasteiger partial charge in [0.05, 0.1) is 13.2 Å². The summed E-state index contributed by atoms with van der Waals surface area (Å²) in [6.07, 6.45) is -9.26. The molecule has 29 heavy (non-hydrogen) atoms. The lowest BCUT2D eigenvalue weighted by Gasteiger charge is -2.38. The van der Waals surface area contributed by atoms with Crippen LogP contribution in [-0.2, 0) is 9.53 Å². The van der Waals surface area contributed by atoms with Gasteiger partial charge in [-0.05, 0) is 26.0 Å². The Kier molecular flexibility index (Phi) is 9.39. The predicted octanol–water partition coefficient (Wildman–Crippen LogP) is -2.65. The summed E-state index contributed by atoms with van der Waals surface area (Å²) in [7, 11) is 0. The molecule has 7 atom stereocenters. The van der Waals surface area contributed by atoms with Gasteiger partial charge in [0.15, 0.2) is 6.10 Å². The Morgan fingerprint density at radius 2 is 1.69 bits per heavy atom. The number of carboxylic acid groups (broad SMARTS) is 1. The van der Waals surface area contributed by atoms with Crippen molar-refractivity contribution in [2.24, 2.45) is 0 Å². The maximum Gasteiger partial charge on any atom is 0.335 e. The number of aliphatic carboxylic acids is 1. The number of aliphatic hydroxyl groups is 7. The Morgan fingerprint density at radius 1 is 1.14 bits per heavy atom. The van der Waals surface area contributed by atoms with Crippen molar-refractivity contribution in [1.29, 1.82) is 0 Å². The van der Waals surface area contributed by atoms with Gasteiger partial charge < -0.3 is 50.3 Å². The quantitative estimate of drug-likeness (QED) is 0.239. The number of aryl methyl sites for hydroxylation is 1. The van der Waals surface area contributed by atoms with Gasteiger partial charge >= 0.3 is 5.97 Å². The molecule has 1 unspecified atom stereocenters.